The van der Waals surface area contributed by atoms with Gasteiger partial charge in [0.05, 0.1) is 0 Å². The molecule has 92 valence electrons. The summed E-state index contributed by atoms with van der Waals surface area (Å²) in [5.74, 6) is 0.866. The van der Waals surface area contributed by atoms with E-state index in [4.69, 9.17) is 4.74 Å². The number of hydrogen-bond acceptors (Lipinski definition) is 3. The van der Waals surface area contributed by atoms with Crippen LogP contribution in [0.15, 0.2) is 24.3 Å². The van der Waals surface area contributed by atoms with Crippen molar-refractivity contribution in [1.82, 2.24) is 4.90 Å². The zero-order valence-electron chi connectivity index (χ0n) is 10.3. The third-order valence-corrected chi connectivity index (χ3v) is 3.30. The molecule has 2 rings (SSSR count). The third-order valence-electron chi connectivity index (χ3n) is 3.30. The second-order valence-electron chi connectivity index (χ2n) is 4.44. The second kappa shape index (κ2) is 5.82. The van der Waals surface area contributed by atoms with Crippen LogP contribution in [-0.2, 0) is 0 Å². The highest BCUT2D eigenvalue weighted by Crippen LogP contribution is 2.19. The molecule has 3 nitrogen and oxygen atoms in total. The molecule has 1 fully saturated rings. The highest BCUT2D eigenvalue weighted by molar-refractivity contribution is 5.74. The maximum Gasteiger partial charge on any atom is 0.150 e. The van der Waals surface area contributed by atoms with Crippen molar-refractivity contribution in [2.45, 2.75) is 25.9 Å². The summed E-state index contributed by atoms with van der Waals surface area (Å²) in [6, 6.07) is 7.33. The first kappa shape index (κ1) is 12.1. The van der Waals surface area contributed by atoms with Crippen LogP contribution in [0.5, 0.6) is 5.75 Å². The number of ether oxygens (including phenoxy) is 1. The molecule has 0 unspecified atom stereocenters. The van der Waals surface area contributed by atoms with Gasteiger partial charge >= 0.3 is 0 Å². The van der Waals surface area contributed by atoms with Crippen molar-refractivity contribution in [3.63, 3.8) is 0 Å². The summed E-state index contributed by atoms with van der Waals surface area (Å²) in [6.45, 7) is 5.56. The van der Waals surface area contributed by atoms with Crippen molar-refractivity contribution < 1.29 is 9.53 Å². The number of benzene rings is 1. The lowest BCUT2D eigenvalue weighted by Crippen LogP contribution is -2.37. The van der Waals surface area contributed by atoms with Gasteiger partial charge in [-0.05, 0) is 43.7 Å². The largest absolute Gasteiger partial charge is 0.490 e. The summed E-state index contributed by atoms with van der Waals surface area (Å²) in [5, 5.41) is 0. The van der Waals surface area contributed by atoms with E-state index in [1.807, 2.05) is 12.1 Å². The zero-order chi connectivity index (χ0) is 12.1. The predicted molar refractivity (Wildman–Crippen MR) is 67.6 cm³/mol. The fourth-order valence-electron chi connectivity index (χ4n) is 2.16. The molecule has 1 heterocycles. The average molecular weight is 233 g/mol. The Morgan fingerprint density at radius 3 is 2.47 bits per heavy atom. The summed E-state index contributed by atoms with van der Waals surface area (Å²) in [5.41, 5.74) is 0.693. The van der Waals surface area contributed by atoms with Crippen LogP contribution in [0.1, 0.15) is 30.1 Å². The first-order valence-corrected chi connectivity index (χ1v) is 6.26. The maximum absolute atomic E-state index is 10.5. The van der Waals surface area contributed by atoms with Gasteiger partial charge in [-0.25, -0.2) is 0 Å². The van der Waals surface area contributed by atoms with Crippen LogP contribution >= 0.6 is 0 Å². The van der Waals surface area contributed by atoms with Gasteiger partial charge in [-0.1, -0.05) is 6.92 Å². The SMILES string of the molecule is CCN1CCC(Oc2ccc(C=O)cc2)CC1. The van der Waals surface area contributed by atoms with Gasteiger partial charge in [0.25, 0.3) is 0 Å². The van der Waals surface area contributed by atoms with Crippen molar-refractivity contribution >= 4 is 6.29 Å². The predicted octanol–water partition coefficient (Wildman–Crippen LogP) is 2.36. The van der Waals surface area contributed by atoms with Gasteiger partial charge in [0.15, 0.2) is 0 Å². The van der Waals surface area contributed by atoms with Crippen LogP contribution < -0.4 is 4.74 Å². The first-order valence-electron chi connectivity index (χ1n) is 6.26. The molecule has 1 aromatic carbocycles. The minimum Gasteiger partial charge on any atom is -0.490 e. The van der Waals surface area contributed by atoms with Crippen LogP contribution in [-0.4, -0.2) is 36.9 Å². The van der Waals surface area contributed by atoms with Gasteiger partial charge in [0.1, 0.15) is 18.1 Å². The topological polar surface area (TPSA) is 29.5 Å². The Kier molecular flexibility index (Phi) is 4.15. The quantitative estimate of drug-likeness (QED) is 0.748. The molecule has 0 aromatic heterocycles. The molecule has 1 aliphatic rings. The highest BCUT2D eigenvalue weighted by Gasteiger charge is 2.19. The molecule has 0 saturated carbocycles. The van der Waals surface area contributed by atoms with Gasteiger partial charge < -0.3 is 9.64 Å². The molecule has 0 bridgehead atoms. The third kappa shape index (κ3) is 3.30. The van der Waals surface area contributed by atoms with Crippen LogP contribution in [0.3, 0.4) is 0 Å². The number of likely N-dealkylation sites (tertiary alicyclic amines) is 1. The molecule has 3 heteroatoms. The van der Waals surface area contributed by atoms with E-state index >= 15 is 0 Å². The van der Waals surface area contributed by atoms with E-state index in [0.29, 0.717) is 11.7 Å². The van der Waals surface area contributed by atoms with Crippen molar-refractivity contribution in [1.29, 1.82) is 0 Å². The van der Waals surface area contributed by atoms with E-state index in [-0.39, 0.29) is 0 Å². The van der Waals surface area contributed by atoms with Gasteiger partial charge in [0.2, 0.25) is 0 Å². The van der Waals surface area contributed by atoms with Crippen molar-refractivity contribution in [2.75, 3.05) is 19.6 Å². The molecule has 0 spiro atoms. The number of carbonyl (C=O) groups is 1. The monoisotopic (exact) mass is 233 g/mol. The Hall–Kier alpha value is -1.35. The number of hydrogen-bond donors (Lipinski definition) is 0. The highest BCUT2D eigenvalue weighted by atomic mass is 16.5. The number of aldehydes is 1. The van der Waals surface area contributed by atoms with Crippen molar-refractivity contribution in [3.05, 3.63) is 29.8 Å². The van der Waals surface area contributed by atoms with E-state index in [1.54, 1.807) is 12.1 Å². The fourth-order valence-corrected chi connectivity index (χ4v) is 2.16. The molecule has 0 atom stereocenters. The minimum atomic E-state index is 0.319. The Balaban J connectivity index is 1.86. The number of piperidine rings is 1. The van der Waals surface area contributed by atoms with E-state index in [9.17, 15) is 4.79 Å². The molecule has 0 N–H and O–H groups in total. The molecule has 1 saturated heterocycles. The first-order chi connectivity index (χ1) is 8.31. The van der Waals surface area contributed by atoms with E-state index in [2.05, 4.69) is 11.8 Å². The number of nitrogens with zero attached hydrogens (tertiary/aromatic N) is 1. The van der Waals surface area contributed by atoms with Crippen molar-refractivity contribution in [2.24, 2.45) is 0 Å². The van der Waals surface area contributed by atoms with Gasteiger partial charge in [-0.15, -0.1) is 0 Å². The smallest absolute Gasteiger partial charge is 0.150 e. The maximum atomic E-state index is 10.5. The summed E-state index contributed by atoms with van der Waals surface area (Å²) in [4.78, 5) is 13.0. The lowest BCUT2D eigenvalue weighted by atomic mass is 10.1. The summed E-state index contributed by atoms with van der Waals surface area (Å²) < 4.78 is 5.91. The molecule has 1 aromatic rings. The number of carbonyl (C=O) groups excluding carboxylic acids is 1. The Labute approximate surface area is 102 Å². The number of rotatable bonds is 4. The van der Waals surface area contributed by atoms with Crippen LogP contribution in [0.4, 0.5) is 0 Å². The van der Waals surface area contributed by atoms with Crippen LogP contribution in [0.2, 0.25) is 0 Å². The Bertz CT molecular complexity index is 353. The Morgan fingerprint density at radius 2 is 1.94 bits per heavy atom. The lowest BCUT2D eigenvalue weighted by molar-refractivity contribution is 0.104. The van der Waals surface area contributed by atoms with Gasteiger partial charge in [-0.3, -0.25) is 4.79 Å². The normalized spacial score (nSPS) is 17.9. The Morgan fingerprint density at radius 1 is 1.29 bits per heavy atom. The minimum absolute atomic E-state index is 0.319. The van der Waals surface area contributed by atoms with Gasteiger partial charge in [-0.2, -0.15) is 0 Å². The fraction of sp³-hybridized carbons (Fsp3) is 0.500. The molecule has 1 aliphatic heterocycles. The molecule has 0 aliphatic carbocycles. The average Bonchev–Trinajstić information content (AvgIpc) is 2.40. The second-order valence-corrected chi connectivity index (χ2v) is 4.44. The summed E-state index contributed by atoms with van der Waals surface area (Å²) in [7, 11) is 0. The van der Waals surface area contributed by atoms with E-state index in [1.165, 1.54) is 0 Å². The van der Waals surface area contributed by atoms with Gasteiger partial charge in [0, 0.05) is 18.7 Å². The molecule has 17 heavy (non-hydrogen) atoms. The van der Waals surface area contributed by atoms with E-state index < -0.39 is 0 Å². The summed E-state index contributed by atoms with van der Waals surface area (Å²) >= 11 is 0. The van der Waals surface area contributed by atoms with Crippen molar-refractivity contribution in [3.8, 4) is 5.75 Å². The van der Waals surface area contributed by atoms with Crippen LogP contribution in [0.25, 0.3) is 0 Å². The molecular formula is C14H19NO2. The standard InChI is InChI=1S/C14H19NO2/c1-2-15-9-7-14(8-10-15)17-13-5-3-12(11-16)4-6-13/h3-6,11,14H,2,7-10H2,1H3. The molecular weight excluding hydrogens is 214 g/mol. The van der Waals surface area contributed by atoms with E-state index in [0.717, 1.165) is 44.5 Å². The molecule has 0 radical (unpaired) electrons. The van der Waals surface area contributed by atoms with Crippen LogP contribution in [0, 0.1) is 0 Å². The lowest BCUT2D eigenvalue weighted by Gasteiger charge is -2.31. The zero-order valence-corrected chi connectivity index (χ0v) is 10.3. The molecule has 0 amide bonds. The summed E-state index contributed by atoms with van der Waals surface area (Å²) in [6.07, 6.45) is 3.34.